The topological polar surface area (TPSA) is 82.0 Å². The van der Waals surface area contributed by atoms with Crippen molar-refractivity contribution in [3.63, 3.8) is 0 Å². The molecule has 1 aromatic heterocycles. The Labute approximate surface area is 162 Å². The Hall–Kier alpha value is -1.62. The van der Waals surface area contributed by atoms with Crippen molar-refractivity contribution in [2.24, 2.45) is 17.4 Å². The lowest BCUT2D eigenvalue weighted by Gasteiger charge is -2.19. The lowest BCUT2D eigenvalue weighted by atomic mass is 9.89. The minimum absolute atomic E-state index is 0. The first-order chi connectivity index (χ1) is 10.8. The van der Waals surface area contributed by atoms with E-state index in [0.29, 0.717) is 23.7 Å². The van der Waals surface area contributed by atoms with Crippen molar-refractivity contribution in [1.29, 1.82) is 0 Å². The lowest BCUT2D eigenvalue weighted by molar-refractivity contribution is 0.1000. The summed E-state index contributed by atoms with van der Waals surface area (Å²) >= 11 is 0. The van der Waals surface area contributed by atoms with Gasteiger partial charge in [-0.3, -0.25) is 9.78 Å². The summed E-state index contributed by atoms with van der Waals surface area (Å²) in [5.41, 5.74) is 17.6. The number of hydrogen-bond donors (Lipinski definition) is 2. The number of benzene rings is 1. The average Bonchev–Trinajstić information content (AvgIpc) is 2.46. The van der Waals surface area contributed by atoms with Gasteiger partial charge in [0.1, 0.15) is 0 Å². The molecule has 0 bridgehead atoms. The molecule has 0 atom stereocenters. The van der Waals surface area contributed by atoms with Crippen LogP contribution in [0.2, 0.25) is 0 Å². The summed E-state index contributed by atoms with van der Waals surface area (Å²) in [6.45, 7) is 8.49. The number of nitrogens with two attached hydrogens (primary N) is 2. The number of nitrogens with zero attached hydrogens (tertiary/aromatic N) is 1. The van der Waals surface area contributed by atoms with E-state index in [-0.39, 0.29) is 24.8 Å². The average molecular weight is 384 g/mol. The van der Waals surface area contributed by atoms with Crippen LogP contribution in [0.15, 0.2) is 24.3 Å². The number of rotatable bonds is 5. The van der Waals surface area contributed by atoms with Gasteiger partial charge in [0.15, 0.2) is 0 Å². The van der Waals surface area contributed by atoms with Crippen molar-refractivity contribution in [2.45, 2.75) is 40.7 Å². The Balaban J connectivity index is 0.00000288. The molecule has 2 rings (SSSR count). The van der Waals surface area contributed by atoms with Crippen molar-refractivity contribution < 1.29 is 4.79 Å². The Morgan fingerprint density at radius 1 is 1.12 bits per heavy atom. The Bertz CT molecular complexity index is 728. The highest BCUT2D eigenvalue weighted by molar-refractivity contribution is 6.01. The fraction of sp³-hybridized carbons (Fsp3) is 0.368. The molecule has 4 N–H and O–H groups in total. The number of pyridine rings is 1. The second-order valence-electron chi connectivity index (χ2n) is 6.40. The van der Waals surface area contributed by atoms with E-state index in [1.165, 1.54) is 0 Å². The molecular formula is C19H27Cl2N3O. The van der Waals surface area contributed by atoms with Gasteiger partial charge in [0.05, 0.1) is 11.3 Å². The van der Waals surface area contributed by atoms with Crippen LogP contribution < -0.4 is 11.5 Å². The van der Waals surface area contributed by atoms with Gasteiger partial charge in [0.25, 0.3) is 5.91 Å². The highest BCUT2D eigenvalue weighted by Crippen LogP contribution is 2.32. The lowest BCUT2D eigenvalue weighted by Crippen LogP contribution is -2.20. The number of carbonyl (C=O) groups is 1. The van der Waals surface area contributed by atoms with Crippen LogP contribution in [0.4, 0.5) is 0 Å². The van der Waals surface area contributed by atoms with Crippen LogP contribution in [0.1, 0.15) is 46.7 Å². The third kappa shape index (κ3) is 5.18. The molecule has 0 spiro atoms. The molecule has 1 amide bonds. The van der Waals surface area contributed by atoms with Crippen molar-refractivity contribution in [3.8, 4) is 11.1 Å². The van der Waals surface area contributed by atoms with E-state index in [9.17, 15) is 4.79 Å². The normalized spacial score (nSPS) is 10.2. The molecule has 4 nitrogen and oxygen atoms in total. The standard InChI is InChI=1S/C19H25N3O.2ClH/c1-11(2)9-16-15(10-20)18(14-7-5-12(3)6-8-14)17(19(21)23)13(4)22-16;;/h5-8,11H,9-10,20H2,1-4H3,(H2,21,23);2*1H. The quantitative estimate of drug-likeness (QED) is 0.819. The van der Waals surface area contributed by atoms with Crippen molar-refractivity contribution >= 4 is 30.7 Å². The van der Waals surface area contributed by atoms with Gasteiger partial charge in [-0.2, -0.15) is 0 Å². The van der Waals surface area contributed by atoms with Gasteiger partial charge in [-0.1, -0.05) is 43.7 Å². The second kappa shape index (κ2) is 9.76. The van der Waals surface area contributed by atoms with Crippen LogP contribution in [-0.4, -0.2) is 10.9 Å². The second-order valence-corrected chi connectivity index (χ2v) is 6.40. The summed E-state index contributed by atoms with van der Waals surface area (Å²) in [5.74, 6) is -0.00568. The van der Waals surface area contributed by atoms with Crippen LogP contribution in [-0.2, 0) is 13.0 Å². The van der Waals surface area contributed by atoms with Crippen molar-refractivity contribution in [3.05, 3.63) is 52.3 Å². The van der Waals surface area contributed by atoms with E-state index in [0.717, 1.165) is 34.4 Å². The molecule has 138 valence electrons. The van der Waals surface area contributed by atoms with Crippen LogP contribution in [0.5, 0.6) is 0 Å². The molecule has 0 aliphatic rings. The summed E-state index contributed by atoms with van der Waals surface area (Å²) in [7, 11) is 0. The van der Waals surface area contributed by atoms with Crippen molar-refractivity contribution in [2.75, 3.05) is 0 Å². The van der Waals surface area contributed by atoms with Crippen molar-refractivity contribution in [1.82, 2.24) is 4.98 Å². The predicted molar refractivity (Wildman–Crippen MR) is 109 cm³/mol. The zero-order valence-electron chi connectivity index (χ0n) is 15.1. The molecule has 0 unspecified atom stereocenters. The molecular weight excluding hydrogens is 357 g/mol. The van der Waals surface area contributed by atoms with E-state index in [1.807, 2.05) is 38.1 Å². The summed E-state index contributed by atoms with van der Waals surface area (Å²) in [6.07, 6.45) is 0.825. The van der Waals surface area contributed by atoms with E-state index < -0.39 is 5.91 Å². The first-order valence-corrected chi connectivity index (χ1v) is 7.94. The molecule has 25 heavy (non-hydrogen) atoms. The molecule has 0 aliphatic carbocycles. The van der Waals surface area contributed by atoms with Crippen LogP contribution in [0, 0.1) is 19.8 Å². The van der Waals surface area contributed by atoms with Gasteiger partial charge in [0, 0.05) is 17.8 Å². The smallest absolute Gasteiger partial charge is 0.251 e. The minimum atomic E-state index is -0.462. The van der Waals surface area contributed by atoms with Gasteiger partial charge in [-0.15, -0.1) is 24.8 Å². The first kappa shape index (κ1) is 23.4. The largest absolute Gasteiger partial charge is 0.366 e. The fourth-order valence-electron chi connectivity index (χ4n) is 2.92. The molecule has 0 saturated heterocycles. The van der Waals surface area contributed by atoms with Gasteiger partial charge in [-0.05, 0) is 37.3 Å². The van der Waals surface area contributed by atoms with E-state index in [2.05, 4.69) is 18.8 Å². The summed E-state index contributed by atoms with van der Waals surface area (Å²) in [6, 6.07) is 8.07. The predicted octanol–water partition coefficient (Wildman–Crippen LogP) is 3.97. The van der Waals surface area contributed by atoms with Crippen LogP contribution in [0.25, 0.3) is 11.1 Å². The molecule has 0 radical (unpaired) electrons. The zero-order valence-corrected chi connectivity index (χ0v) is 16.8. The third-order valence-electron chi connectivity index (χ3n) is 3.96. The number of aryl methyl sites for hydroxylation is 2. The van der Waals surface area contributed by atoms with Gasteiger partial charge < -0.3 is 11.5 Å². The number of hydrogen-bond acceptors (Lipinski definition) is 3. The number of halogens is 2. The molecule has 2 aromatic rings. The highest BCUT2D eigenvalue weighted by Gasteiger charge is 2.21. The Morgan fingerprint density at radius 3 is 2.12 bits per heavy atom. The van der Waals surface area contributed by atoms with Gasteiger partial charge in [-0.25, -0.2) is 0 Å². The molecule has 6 heteroatoms. The monoisotopic (exact) mass is 383 g/mol. The Morgan fingerprint density at radius 2 is 1.68 bits per heavy atom. The molecule has 0 fully saturated rings. The third-order valence-corrected chi connectivity index (χ3v) is 3.96. The SMILES string of the molecule is Cc1ccc(-c2c(CN)c(CC(C)C)nc(C)c2C(N)=O)cc1.Cl.Cl. The summed E-state index contributed by atoms with van der Waals surface area (Å²) in [4.78, 5) is 16.7. The molecule has 1 aromatic carbocycles. The van der Waals surface area contributed by atoms with E-state index in [1.54, 1.807) is 0 Å². The van der Waals surface area contributed by atoms with Crippen LogP contribution >= 0.6 is 24.8 Å². The Kier molecular flexibility index (Phi) is 9.12. The maximum absolute atomic E-state index is 12.0. The first-order valence-electron chi connectivity index (χ1n) is 7.94. The van der Waals surface area contributed by atoms with Crippen LogP contribution in [0.3, 0.4) is 0 Å². The van der Waals surface area contributed by atoms with Gasteiger partial charge >= 0.3 is 0 Å². The molecule has 0 saturated carbocycles. The van der Waals surface area contributed by atoms with E-state index in [4.69, 9.17) is 11.5 Å². The van der Waals surface area contributed by atoms with Gasteiger partial charge in [0.2, 0.25) is 0 Å². The maximum atomic E-state index is 12.0. The molecule has 1 heterocycles. The molecule has 0 aliphatic heterocycles. The number of aromatic nitrogens is 1. The maximum Gasteiger partial charge on any atom is 0.251 e. The number of carbonyl (C=O) groups excluding carboxylic acids is 1. The minimum Gasteiger partial charge on any atom is -0.366 e. The number of amides is 1. The summed E-state index contributed by atoms with van der Waals surface area (Å²) < 4.78 is 0. The van der Waals surface area contributed by atoms with E-state index >= 15 is 0 Å². The zero-order chi connectivity index (χ0) is 17.1. The summed E-state index contributed by atoms with van der Waals surface area (Å²) in [5, 5.41) is 0. The highest BCUT2D eigenvalue weighted by atomic mass is 35.5. The number of primary amides is 1. The fourth-order valence-corrected chi connectivity index (χ4v) is 2.92.